The lowest BCUT2D eigenvalue weighted by atomic mass is 10.4. The molecule has 0 fully saturated rings. The molecule has 0 saturated carbocycles. The average molecular weight is 190 g/mol. The first-order valence-electron chi connectivity index (χ1n) is 2.97. The van der Waals surface area contributed by atoms with Crippen molar-refractivity contribution in [2.75, 3.05) is 34.3 Å². The summed E-state index contributed by atoms with van der Waals surface area (Å²) in [4.78, 5) is 0. The van der Waals surface area contributed by atoms with E-state index in [2.05, 4.69) is 21.1 Å². The summed E-state index contributed by atoms with van der Waals surface area (Å²) < 4.78 is 0.945. The van der Waals surface area contributed by atoms with Crippen molar-refractivity contribution in [3.63, 3.8) is 0 Å². The molecule has 0 aliphatic heterocycles. The van der Waals surface area contributed by atoms with Crippen LogP contribution in [0.5, 0.6) is 0 Å². The van der Waals surface area contributed by atoms with Crippen molar-refractivity contribution >= 4 is 12.4 Å². The number of aliphatic hydroxyl groups is 1. The van der Waals surface area contributed by atoms with E-state index < -0.39 is 0 Å². The van der Waals surface area contributed by atoms with E-state index in [1.165, 1.54) is 0 Å². The fourth-order valence-corrected chi connectivity index (χ4v) is 0.545. The number of nitrogens with zero attached hydrogens (tertiary/aromatic N) is 1. The molecular formula is C6H17Cl2NO. The van der Waals surface area contributed by atoms with Crippen molar-refractivity contribution in [3.8, 4) is 0 Å². The maximum absolute atomic E-state index is 8.42. The van der Waals surface area contributed by atoms with Crippen LogP contribution in [0.1, 0.15) is 6.42 Å². The molecule has 0 saturated heterocycles. The summed E-state index contributed by atoms with van der Waals surface area (Å²) in [6.45, 7) is 1.37. The van der Waals surface area contributed by atoms with Crippen molar-refractivity contribution in [1.82, 2.24) is 0 Å². The van der Waals surface area contributed by atoms with Crippen LogP contribution in [-0.2, 0) is 0 Å². The highest BCUT2D eigenvalue weighted by Gasteiger charge is 2.03. The Hall–Kier alpha value is 0.500. The molecular weight excluding hydrogens is 173 g/mol. The first-order valence-corrected chi connectivity index (χ1v) is 2.97. The maximum atomic E-state index is 8.42. The zero-order valence-electron chi connectivity index (χ0n) is 6.80. The van der Waals surface area contributed by atoms with Gasteiger partial charge in [0.15, 0.2) is 0 Å². The van der Waals surface area contributed by atoms with Gasteiger partial charge in [0.2, 0.25) is 0 Å². The molecule has 0 spiro atoms. The molecule has 0 unspecified atom stereocenters. The molecule has 0 aliphatic rings. The Labute approximate surface area is 75.6 Å². The molecule has 2 nitrogen and oxygen atoms in total. The van der Waals surface area contributed by atoms with Crippen molar-refractivity contribution in [3.05, 3.63) is 0 Å². The number of hydrogen-bond acceptors (Lipinski definition) is 1. The van der Waals surface area contributed by atoms with Gasteiger partial charge >= 0.3 is 0 Å². The van der Waals surface area contributed by atoms with Crippen LogP contribution in [0.15, 0.2) is 0 Å². The second-order valence-corrected chi connectivity index (χ2v) is 3.09. The van der Waals surface area contributed by atoms with E-state index in [4.69, 9.17) is 5.11 Å². The second-order valence-electron chi connectivity index (χ2n) is 3.09. The molecule has 0 bridgehead atoms. The summed E-state index contributed by atoms with van der Waals surface area (Å²) in [6, 6.07) is 0. The summed E-state index contributed by atoms with van der Waals surface area (Å²) in [7, 11) is 6.36. The topological polar surface area (TPSA) is 20.2 Å². The largest absolute Gasteiger partial charge is 1.00 e. The lowest BCUT2D eigenvalue weighted by Gasteiger charge is -2.22. The Morgan fingerprint density at radius 3 is 1.70 bits per heavy atom. The van der Waals surface area contributed by atoms with E-state index in [0.29, 0.717) is 6.61 Å². The van der Waals surface area contributed by atoms with Gasteiger partial charge in [-0.05, 0) is 0 Å². The maximum Gasteiger partial charge on any atom is 0.0802 e. The highest BCUT2D eigenvalue weighted by molar-refractivity contribution is 5.85. The molecule has 0 aromatic heterocycles. The number of hydrogen-bond donors (Lipinski definition) is 1. The van der Waals surface area contributed by atoms with E-state index in [0.717, 1.165) is 17.4 Å². The minimum atomic E-state index is 0. The third-order valence-electron chi connectivity index (χ3n) is 0.987. The molecule has 1 N–H and O–H groups in total. The minimum absolute atomic E-state index is 0. The van der Waals surface area contributed by atoms with Gasteiger partial charge in [-0.15, -0.1) is 12.4 Å². The van der Waals surface area contributed by atoms with Gasteiger partial charge in [0.1, 0.15) is 0 Å². The lowest BCUT2D eigenvalue weighted by molar-refractivity contribution is -0.870. The molecule has 0 aromatic rings. The number of halogens is 2. The van der Waals surface area contributed by atoms with E-state index in [1.54, 1.807) is 0 Å². The van der Waals surface area contributed by atoms with E-state index in [9.17, 15) is 0 Å². The molecule has 0 atom stereocenters. The highest BCUT2D eigenvalue weighted by atomic mass is 35.5. The van der Waals surface area contributed by atoms with E-state index in [1.807, 2.05) is 0 Å². The van der Waals surface area contributed by atoms with E-state index >= 15 is 0 Å². The number of rotatable bonds is 3. The molecule has 0 amide bonds. The highest BCUT2D eigenvalue weighted by Crippen LogP contribution is 1.90. The monoisotopic (exact) mass is 189 g/mol. The van der Waals surface area contributed by atoms with Gasteiger partial charge in [0, 0.05) is 13.0 Å². The zero-order valence-corrected chi connectivity index (χ0v) is 8.37. The van der Waals surface area contributed by atoms with Crippen LogP contribution < -0.4 is 12.4 Å². The molecule has 0 aromatic carbocycles. The van der Waals surface area contributed by atoms with Crippen LogP contribution in [0.3, 0.4) is 0 Å². The summed E-state index contributed by atoms with van der Waals surface area (Å²) in [5, 5.41) is 8.42. The van der Waals surface area contributed by atoms with Crippen LogP contribution in [0, 0.1) is 0 Å². The Morgan fingerprint density at radius 1 is 1.20 bits per heavy atom. The lowest BCUT2D eigenvalue weighted by Crippen LogP contribution is -3.00. The van der Waals surface area contributed by atoms with Crippen molar-refractivity contribution in [2.45, 2.75) is 6.42 Å². The third-order valence-corrected chi connectivity index (χ3v) is 0.987. The van der Waals surface area contributed by atoms with Gasteiger partial charge in [0.05, 0.1) is 27.7 Å². The predicted octanol–water partition coefficient (Wildman–Crippen LogP) is -2.50. The standard InChI is InChI=1S/C6H16NO.2ClH/c1-7(2,3)5-4-6-8;;/h8H,4-6H2,1-3H3;2*1H/q+1;;/p-1. The second kappa shape index (κ2) is 7.61. The SMILES string of the molecule is C[N+](C)(C)CCCO.Cl.[Cl-]. The van der Waals surface area contributed by atoms with Crippen LogP contribution in [0.4, 0.5) is 0 Å². The fraction of sp³-hybridized carbons (Fsp3) is 1.00. The molecule has 0 aliphatic carbocycles. The zero-order chi connectivity index (χ0) is 6.62. The van der Waals surface area contributed by atoms with Crippen LogP contribution >= 0.6 is 12.4 Å². The summed E-state index contributed by atoms with van der Waals surface area (Å²) in [5.41, 5.74) is 0. The van der Waals surface area contributed by atoms with Crippen LogP contribution in [-0.4, -0.2) is 43.9 Å². The summed E-state index contributed by atoms with van der Waals surface area (Å²) >= 11 is 0. The predicted molar refractivity (Wildman–Crippen MR) is 41.9 cm³/mol. The quantitative estimate of drug-likeness (QED) is 0.488. The Morgan fingerprint density at radius 2 is 1.60 bits per heavy atom. The molecule has 0 heterocycles. The van der Waals surface area contributed by atoms with Crippen molar-refractivity contribution < 1.29 is 22.0 Å². The third kappa shape index (κ3) is 15.8. The van der Waals surface area contributed by atoms with Crippen molar-refractivity contribution in [1.29, 1.82) is 0 Å². The van der Waals surface area contributed by atoms with Gasteiger partial charge < -0.3 is 22.0 Å². The fourth-order valence-electron chi connectivity index (χ4n) is 0.545. The first-order chi connectivity index (χ1) is 3.56. The van der Waals surface area contributed by atoms with E-state index in [-0.39, 0.29) is 24.8 Å². The first kappa shape index (κ1) is 16.8. The Kier molecular flexibility index (Phi) is 12.8. The summed E-state index contributed by atoms with van der Waals surface area (Å²) in [5.74, 6) is 0. The Balaban J connectivity index is -0.000000245. The molecule has 0 radical (unpaired) electrons. The smallest absolute Gasteiger partial charge is 0.0802 e. The van der Waals surface area contributed by atoms with Crippen LogP contribution in [0.25, 0.3) is 0 Å². The number of quaternary nitrogens is 1. The molecule has 10 heavy (non-hydrogen) atoms. The number of aliphatic hydroxyl groups excluding tert-OH is 1. The van der Waals surface area contributed by atoms with Gasteiger partial charge in [-0.25, -0.2) is 0 Å². The normalized spacial score (nSPS) is 9.60. The van der Waals surface area contributed by atoms with Gasteiger partial charge in [-0.2, -0.15) is 0 Å². The van der Waals surface area contributed by atoms with Gasteiger partial charge in [-0.1, -0.05) is 0 Å². The molecule has 0 rings (SSSR count). The van der Waals surface area contributed by atoms with Crippen molar-refractivity contribution in [2.24, 2.45) is 0 Å². The van der Waals surface area contributed by atoms with Gasteiger partial charge in [0.25, 0.3) is 0 Å². The Bertz CT molecular complexity index is 63.3. The summed E-state index contributed by atoms with van der Waals surface area (Å²) in [6.07, 6.45) is 0.906. The average Bonchev–Trinajstić information content (AvgIpc) is 1.59. The molecule has 66 valence electrons. The van der Waals surface area contributed by atoms with Gasteiger partial charge in [-0.3, -0.25) is 0 Å². The van der Waals surface area contributed by atoms with Crippen LogP contribution in [0.2, 0.25) is 0 Å². The molecule has 4 heteroatoms. The minimum Gasteiger partial charge on any atom is -1.00 e.